The van der Waals surface area contributed by atoms with Crippen molar-refractivity contribution in [3.05, 3.63) is 63.7 Å². The number of rotatable bonds is 8. The molecule has 0 aliphatic rings. The van der Waals surface area contributed by atoms with Crippen LogP contribution < -0.4 is 10.1 Å². The van der Waals surface area contributed by atoms with Crippen LogP contribution in [0, 0.1) is 10.1 Å². The van der Waals surface area contributed by atoms with Crippen LogP contribution in [0.1, 0.15) is 42.1 Å². The number of ether oxygens (including phenoxy) is 1. The first-order valence-corrected chi connectivity index (χ1v) is 8.21. The summed E-state index contributed by atoms with van der Waals surface area (Å²) >= 11 is 0. The van der Waals surface area contributed by atoms with Crippen LogP contribution in [0.2, 0.25) is 0 Å². The van der Waals surface area contributed by atoms with Gasteiger partial charge in [-0.2, -0.15) is 0 Å². The van der Waals surface area contributed by atoms with Gasteiger partial charge in [-0.15, -0.1) is 0 Å². The molecule has 0 fully saturated rings. The van der Waals surface area contributed by atoms with Crippen molar-refractivity contribution in [2.45, 2.75) is 26.2 Å². The molecule has 0 unspecified atom stereocenters. The maximum absolute atomic E-state index is 12.2. The molecular weight excluding hydrogens is 336 g/mol. The highest BCUT2D eigenvalue weighted by Gasteiger charge is 2.18. The number of nitrogens with zero attached hydrogens (tertiary/aromatic N) is 1. The Labute approximate surface area is 151 Å². The lowest BCUT2D eigenvalue weighted by Crippen LogP contribution is -2.21. The third-order valence-corrected chi connectivity index (χ3v) is 4.05. The van der Waals surface area contributed by atoms with Crippen LogP contribution in [0.25, 0.3) is 0 Å². The quantitative estimate of drug-likeness (QED) is 0.439. The largest absolute Gasteiger partial charge is 0.477 e. The highest BCUT2D eigenvalue weighted by atomic mass is 16.6. The van der Waals surface area contributed by atoms with E-state index in [1.54, 1.807) is 6.07 Å². The zero-order chi connectivity index (χ0) is 19.1. The summed E-state index contributed by atoms with van der Waals surface area (Å²) in [6.45, 7) is 3.75. The van der Waals surface area contributed by atoms with Crippen molar-refractivity contribution in [2.24, 2.45) is 0 Å². The SMILES string of the molecule is CC[C@@H](C)c1ccccc1NC(=O)COc1ccc(C=O)cc1[N+](=O)[O-]. The average molecular weight is 356 g/mol. The van der Waals surface area contributed by atoms with Gasteiger partial charge in [0, 0.05) is 17.3 Å². The average Bonchev–Trinajstić information content (AvgIpc) is 2.65. The number of hydrogen-bond acceptors (Lipinski definition) is 5. The maximum atomic E-state index is 12.2. The van der Waals surface area contributed by atoms with E-state index in [-0.39, 0.29) is 29.5 Å². The van der Waals surface area contributed by atoms with Crippen LogP contribution in [0.4, 0.5) is 11.4 Å². The lowest BCUT2D eigenvalue weighted by Gasteiger charge is -2.15. The molecule has 0 saturated carbocycles. The topological polar surface area (TPSA) is 98.5 Å². The number of carbonyl (C=O) groups excluding carboxylic acids is 2. The molecule has 7 heteroatoms. The Bertz CT molecular complexity index is 819. The van der Waals surface area contributed by atoms with Gasteiger partial charge >= 0.3 is 5.69 Å². The number of aldehydes is 1. The molecule has 0 saturated heterocycles. The predicted octanol–water partition coefficient (Wildman–Crippen LogP) is 3.94. The number of nitrogens with one attached hydrogen (secondary N) is 1. The summed E-state index contributed by atoms with van der Waals surface area (Å²) in [6, 6.07) is 11.3. The molecule has 1 amide bonds. The van der Waals surface area contributed by atoms with E-state index < -0.39 is 10.8 Å². The third-order valence-electron chi connectivity index (χ3n) is 4.05. The standard InChI is InChI=1S/C19H20N2O5/c1-3-13(2)15-6-4-5-7-16(15)20-19(23)12-26-18-9-8-14(11-22)10-17(18)21(24)25/h4-11,13H,3,12H2,1-2H3,(H,20,23)/t13-/m1/s1. The van der Waals surface area contributed by atoms with Crippen molar-refractivity contribution in [1.82, 2.24) is 0 Å². The van der Waals surface area contributed by atoms with Gasteiger partial charge in [-0.05, 0) is 36.1 Å². The molecule has 2 aromatic carbocycles. The van der Waals surface area contributed by atoms with Gasteiger partial charge in [-0.3, -0.25) is 19.7 Å². The number of nitro benzene ring substituents is 1. The predicted molar refractivity (Wildman–Crippen MR) is 97.8 cm³/mol. The Morgan fingerprint density at radius 3 is 2.69 bits per heavy atom. The van der Waals surface area contributed by atoms with E-state index in [2.05, 4.69) is 19.2 Å². The van der Waals surface area contributed by atoms with Crippen molar-refractivity contribution in [2.75, 3.05) is 11.9 Å². The molecule has 0 bridgehead atoms. The fourth-order valence-corrected chi connectivity index (χ4v) is 2.46. The van der Waals surface area contributed by atoms with Crippen molar-refractivity contribution in [3.63, 3.8) is 0 Å². The molecule has 2 aromatic rings. The van der Waals surface area contributed by atoms with E-state index in [1.165, 1.54) is 12.1 Å². The molecule has 0 radical (unpaired) electrons. The van der Waals surface area contributed by atoms with E-state index in [9.17, 15) is 19.7 Å². The van der Waals surface area contributed by atoms with Gasteiger partial charge in [0.05, 0.1) is 4.92 Å². The van der Waals surface area contributed by atoms with Crippen LogP contribution in [-0.4, -0.2) is 23.7 Å². The number of hydrogen-bond donors (Lipinski definition) is 1. The molecule has 7 nitrogen and oxygen atoms in total. The molecular formula is C19H20N2O5. The van der Waals surface area contributed by atoms with Crippen molar-refractivity contribution in [1.29, 1.82) is 0 Å². The highest BCUT2D eigenvalue weighted by Crippen LogP contribution is 2.28. The van der Waals surface area contributed by atoms with Gasteiger partial charge in [0.1, 0.15) is 6.29 Å². The first kappa shape index (κ1) is 19.1. The summed E-state index contributed by atoms with van der Waals surface area (Å²) in [7, 11) is 0. The summed E-state index contributed by atoms with van der Waals surface area (Å²) in [6.07, 6.45) is 1.44. The Kier molecular flexibility index (Phi) is 6.43. The molecule has 0 aliphatic heterocycles. The Hall–Kier alpha value is -3.22. The molecule has 0 spiro atoms. The summed E-state index contributed by atoms with van der Waals surface area (Å²) < 4.78 is 5.29. The zero-order valence-corrected chi connectivity index (χ0v) is 14.6. The highest BCUT2D eigenvalue weighted by molar-refractivity contribution is 5.92. The fraction of sp³-hybridized carbons (Fsp3) is 0.263. The van der Waals surface area contributed by atoms with E-state index in [1.807, 2.05) is 18.2 Å². The van der Waals surface area contributed by atoms with E-state index >= 15 is 0 Å². The summed E-state index contributed by atoms with van der Waals surface area (Å²) in [4.78, 5) is 33.4. The van der Waals surface area contributed by atoms with Gasteiger partial charge in [-0.1, -0.05) is 32.0 Å². The van der Waals surface area contributed by atoms with E-state index in [0.717, 1.165) is 18.1 Å². The summed E-state index contributed by atoms with van der Waals surface area (Å²) in [5, 5.41) is 13.9. The van der Waals surface area contributed by atoms with Gasteiger partial charge in [0.2, 0.25) is 0 Å². The van der Waals surface area contributed by atoms with Crippen LogP contribution in [0.5, 0.6) is 5.75 Å². The molecule has 1 N–H and O–H groups in total. The molecule has 136 valence electrons. The first-order chi connectivity index (χ1) is 12.5. The smallest absolute Gasteiger partial charge is 0.311 e. The molecule has 0 heterocycles. The molecule has 2 rings (SSSR count). The molecule has 0 aromatic heterocycles. The molecule has 0 aliphatic carbocycles. The Morgan fingerprint density at radius 1 is 1.31 bits per heavy atom. The summed E-state index contributed by atoms with van der Waals surface area (Å²) in [5.74, 6) is -0.204. The van der Waals surface area contributed by atoms with Gasteiger partial charge in [0.25, 0.3) is 5.91 Å². The zero-order valence-electron chi connectivity index (χ0n) is 14.6. The summed E-state index contributed by atoms with van der Waals surface area (Å²) in [5.41, 5.74) is 1.52. The number of anilines is 1. The van der Waals surface area contributed by atoms with E-state index in [0.29, 0.717) is 12.0 Å². The van der Waals surface area contributed by atoms with Crippen LogP contribution in [0.3, 0.4) is 0 Å². The minimum atomic E-state index is -0.654. The van der Waals surface area contributed by atoms with Gasteiger partial charge < -0.3 is 10.1 Å². The fourth-order valence-electron chi connectivity index (χ4n) is 2.46. The van der Waals surface area contributed by atoms with E-state index in [4.69, 9.17) is 4.74 Å². The number of amides is 1. The van der Waals surface area contributed by atoms with Gasteiger partial charge in [-0.25, -0.2) is 0 Å². The number of nitro groups is 1. The number of benzene rings is 2. The molecule has 1 atom stereocenters. The van der Waals surface area contributed by atoms with Crippen molar-refractivity contribution >= 4 is 23.6 Å². The van der Waals surface area contributed by atoms with Gasteiger partial charge in [0.15, 0.2) is 12.4 Å². The second kappa shape index (κ2) is 8.75. The van der Waals surface area contributed by atoms with Crippen LogP contribution in [-0.2, 0) is 4.79 Å². The Morgan fingerprint density at radius 2 is 2.04 bits per heavy atom. The monoisotopic (exact) mass is 356 g/mol. The minimum Gasteiger partial charge on any atom is -0.477 e. The third kappa shape index (κ3) is 4.66. The Balaban J connectivity index is 2.09. The van der Waals surface area contributed by atoms with Crippen molar-refractivity contribution < 1.29 is 19.2 Å². The lowest BCUT2D eigenvalue weighted by atomic mass is 9.97. The lowest BCUT2D eigenvalue weighted by molar-refractivity contribution is -0.385. The van der Waals surface area contributed by atoms with Crippen LogP contribution in [0.15, 0.2) is 42.5 Å². The molecule has 26 heavy (non-hydrogen) atoms. The first-order valence-electron chi connectivity index (χ1n) is 8.21. The second-order valence-corrected chi connectivity index (χ2v) is 5.84. The number of carbonyl (C=O) groups is 2. The normalized spacial score (nSPS) is 11.5. The minimum absolute atomic E-state index is 0.0639. The van der Waals surface area contributed by atoms with Crippen LogP contribution >= 0.6 is 0 Å². The second-order valence-electron chi connectivity index (χ2n) is 5.84. The number of para-hydroxylation sites is 1. The van der Waals surface area contributed by atoms with Crippen molar-refractivity contribution in [3.8, 4) is 5.75 Å². The maximum Gasteiger partial charge on any atom is 0.311 e.